The van der Waals surface area contributed by atoms with Crippen molar-refractivity contribution >= 4 is 17.5 Å². The van der Waals surface area contributed by atoms with Crippen LogP contribution in [0.25, 0.3) is 11.4 Å². The van der Waals surface area contributed by atoms with E-state index in [0.29, 0.717) is 24.7 Å². The quantitative estimate of drug-likeness (QED) is 0.810. The Labute approximate surface area is 176 Å². The van der Waals surface area contributed by atoms with E-state index < -0.39 is 0 Å². The van der Waals surface area contributed by atoms with Gasteiger partial charge in [0.15, 0.2) is 5.82 Å². The van der Waals surface area contributed by atoms with Crippen molar-refractivity contribution in [2.24, 2.45) is 0 Å². The second-order valence-electron chi connectivity index (χ2n) is 8.34. The zero-order valence-electron chi connectivity index (χ0n) is 17.4. The fourth-order valence-electron chi connectivity index (χ4n) is 4.16. The molecule has 1 aliphatic carbocycles. The van der Waals surface area contributed by atoms with E-state index in [0.717, 1.165) is 55.1 Å². The lowest BCUT2D eigenvalue weighted by Gasteiger charge is -2.37. The van der Waals surface area contributed by atoms with Crippen LogP contribution in [0.5, 0.6) is 5.88 Å². The summed E-state index contributed by atoms with van der Waals surface area (Å²) in [6, 6.07) is 7.56. The summed E-state index contributed by atoms with van der Waals surface area (Å²) in [4.78, 5) is 23.7. The Kier molecular flexibility index (Phi) is 4.73. The Morgan fingerprint density at radius 1 is 1.20 bits per heavy atom. The molecule has 3 aliphatic rings. The van der Waals surface area contributed by atoms with Crippen molar-refractivity contribution in [3.8, 4) is 17.3 Å². The Balaban J connectivity index is 1.52. The van der Waals surface area contributed by atoms with Crippen molar-refractivity contribution in [3.63, 3.8) is 0 Å². The summed E-state index contributed by atoms with van der Waals surface area (Å²) in [5.74, 6) is 2.34. The predicted octanol–water partition coefficient (Wildman–Crippen LogP) is 2.98. The first kappa shape index (κ1) is 19.1. The van der Waals surface area contributed by atoms with Gasteiger partial charge in [-0.1, -0.05) is 0 Å². The minimum Gasteiger partial charge on any atom is -0.471 e. The third-order valence-electron chi connectivity index (χ3n) is 6.17. The van der Waals surface area contributed by atoms with Gasteiger partial charge in [0.1, 0.15) is 11.4 Å². The van der Waals surface area contributed by atoms with Crippen LogP contribution < -0.4 is 20.3 Å². The largest absolute Gasteiger partial charge is 0.471 e. The van der Waals surface area contributed by atoms with Gasteiger partial charge >= 0.3 is 6.03 Å². The third kappa shape index (κ3) is 3.56. The molecule has 3 heterocycles. The number of urea groups is 1. The number of ether oxygens (including phenoxy) is 2. The zero-order chi connectivity index (χ0) is 20.7. The number of nitrogens with one attached hydrogen (secondary N) is 2. The summed E-state index contributed by atoms with van der Waals surface area (Å²) in [7, 11) is 1.59. The number of hydrogen-bond acceptors (Lipinski definition) is 6. The number of amides is 2. The average Bonchev–Trinajstić information content (AvgIpc) is 3.52. The predicted molar refractivity (Wildman–Crippen MR) is 114 cm³/mol. The van der Waals surface area contributed by atoms with Crippen molar-refractivity contribution in [2.45, 2.75) is 44.2 Å². The average molecular weight is 409 g/mol. The van der Waals surface area contributed by atoms with Crippen LogP contribution in [-0.4, -0.2) is 54.4 Å². The molecule has 2 aromatic rings. The molecule has 1 unspecified atom stereocenters. The van der Waals surface area contributed by atoms with Crippen molar-refractivity contribution in [1.82, 2.24) is 15.3 Å². The first-order valence-corrected chi connectivity index (χ1v) is 10.6. The maximum Gasteiger partial charge on any atom is 0.318 e. The molecule has 30 heavy (non-hydrogen) atoms. The zero-order valence-corrected chi connectivity index (χ0v) is 17.4. The topological polar surface area (TPSA) is 88.6 Å². The van der Waals surface area contributed by atoms with Gasteiger partial charge in [0, 0.05) is 24.8 Å². The van der Waals surface area contributed by atoms with Crippen LogP contribution in [0.1, 0.15) is 31.7 Å². The number of hydrogen-bond donors (Lipinski definition) is 2. The molecule has 1 spiro atoms. The molecule has 158 valence electrons. The lowest BCUT2D eigenvalue weighted by molar-refractivity contribution is 0.0978. The second kappa shape index (κ2) is 7.43. The lowest BCUT2D eigenvalue weighted by Crippen LogP contribution is -2.45. The number of carbonyl (C=O) groups excluding carboxylic acids is 1. The molecule has 2 aliphatic heterocycles. The van der Waals surface area contributed by atoms with E-state index in [2.05, 4.69) is 22.5 Å². The van der Waals surface area contributed by atoms with Crippen LogP contribution in [0, 0.1) is 0 Å². The molecule has 2 N–H and O–H groups in total. The number of fused-ring (bicyclic) bond motifs is 1. The number of nitrogens with zero attached hydrogens (tertiary/aromatic N) is 3. The van der Waals surface area contributed by atoms with Crippen molar-refractivity contribution < 1.29 is 14.3 Å². The van der Waals surface area contributed by atoms with Gasteiger partial charge in [0.05, 0.1) is 24.8 Å². The smallest absolute Gasteiger partial charge is 0.318 e. The SMILES string of the molecule is CNC(=O)Nc1ccc(-c2nc3c(c(N4CCOCC4C)n2)CCC2(CC2)O3)cc1. The molecule has 0 radical (unpaired) electrons. The molecular formula is C22H27N5O3. The number of benzene rings is 1. The summed E-state index contributed by atoms with van der Waals surface area (Å²) in [6.45, 7) is 4.37. The molecule has 2 fully saturated rings. The second-order valence-corrected chi connectivity index (χ2v) is 8.34. The Bertz CT molecular complexity index is 958. The van der Waals surface area contributed by atoms with E-state index >= 15 is 0 Å². The van der Waals surface area contributed by atoms with Gasteiger partial charge in [-0.2, -0.15) is 4.98 Å². The highest BCUT2D eigenvalue weighted by Gasteiger charge is 2.49. The minimum absolute atomic E-state index is 0.00614. The maximum absolute atomic E-state index is 11.5. The van der Waals surface area contributed by atoms with Crippen LogP contribution in [0.15, 0.2) is 24.3 Å². The minimum atomic E-state index is -0.250. The van der Waals surface area contributed by atoms with Crippen LogP contribution in [0.2, 0.25) is 0 Å². The van der Waals surface area contributed by atoms with E-state index in [-0.39, 0.29) is 17.7 Å². The molecule has 5 rings (SSSR count). The number of anilines is 2. The van der Waals surface area contributed by atoms with Gasteiger partial charge in [-0.15, -0.1) is 0 Å². The molecule has 1 saturated heterocycles. The van der Waals surface area contributed by atoms with Gasteiger partial charge in [-0.05, 0) is 56.9 Å². The molecule has 1 aromatic heterocycles. The summed E-state index contributed by atoms with van der Waals surface area (Å²) in [5.41, 5.74) is 2.71. The van der Waals surface area contributed by atoms with Crippen molar-refractivity contribution in [1.29, 1.82) is 0 Å². The fourth-order valence-corrected chi connectivity index (χ4v) is 4.16. The standard InChI is InChI=1S/C22H27N5O3/c1-14-13-29-12-11-27(14)19-17-7-8-22(9-10-22)30-20(17)26-18(25-19)15-3-5-16(6-4-15)24-21(28)23-2/h3-6,14H,7-13H2,1-2H3,(H2,23,24,28). The van der Waals surface area contributed by atoms with Crippen LogP contribution >= 0.6 is 0 Å². The molecule has 1 saturated carbocycles. The summed E-state index contributed by atoms with van der Waals surface area (Å²) < 4.78 is 12.0. The Morgan fingerprint density at radius 3 is 2.70 bits per heavy atom. The van der Waals surface area contributed by atoms with Gasteiger partial charge in [-0.25, -0.2) is 9.78 Å². The van der Waals surface area contributed by atoms with E-state index in [9.17, 15) is 4.79 Å². The fraction of sp³-hybridized carbons (Fsp3) is 0.500. The Morgan fingerprint density at radius 2 is 2.00 bits per heavy atom. The van der Waals surface area contributed by atoms with E-state index in [1.54, 1.807) is 7.05 Å². The van der Waals surface area contributed by atoms with E-state index in [1.165, 1.54) is 0 Å². The Hall–Kier alpha value is -2.87. The number of rotatable bonds is 3. The third-order valence-corrected chi connectivity index (χ3v) is 6.17. The highest BCUT2D eigenvalue weighted by molar-refractivity contribution is 5.89. The van der Waals surface area contributed by atoms with E-state index in [1.807, 2.05) is 24.3 Å². The summed E-state index contributed by atoms with van der Waals surface area (Å²) in [6.07, 6.45) is 4.20. The molecule has 8 nitrogen and oxygen atoms in total. The monoisotopic (exact) mass is 409 g/mol. The van der Waals surface area contributed by atoms with Crippen LogP contribution in [-0.2, 0) is 11.2 Å². The number of morpholine rings is 1. The highest BCUT2D eigenvalue weighted by Crippen LogP contribution is 2.49. The van der Waals surface area contributed by atoms with Gasteiger partial charge in [0.2, 0.25) is 5.88 Å². The number of aromatic nitrogens is 2. The molecule has 1 aromatic carbocycles. The first-order chi connectivity index (χ1) is 14.6. The van der Waals surface area contributed by atoms with E-state index in [4.69, 9.17) is 19.4 Å². The van der Waals surface area contributed by atoms with Crippen molar-refractivity contribution in [2.75, 3.05) is 37.0 Å². The summed E-state index contributed by atoms with van der Waals surface area (Å²) in [5, 5.41) is 5.32. The molecular weight excluding hydrogens is 382 g/mol. The first-order valence-electron chi connectivity index (χ1n) is 10.6. The van der Waals surface area contributed by atoms with Gasteiger partial charge in [0.25, 0.3) is 0 Å². The maximum atomic E-state index is 11.5. The molecule has 2 amide bonds. The van der Waals surface area contributed by atoms with Crippen molar-refractivity contribution in [3.05, 3.63) is 29.8 Å². The highest BCUT2D eigenvalue weighted by atomic mass is 16.5. The molecule has 8 heteroatoms. The van der Waals surface area contributed by atoms with Gasteiger partial charge in [-0.3, -0.25) is 0 Å². The lowest BCUT2D eigenvalue weighted by atomic mass is 10.0. The molecule has 0 bridgehead atoms. The molecule has 1 atom stereocenters. The van der Waals surface area contributed by atoms with Gasteiger partial charge < -0.3 is 25.0 Å². The van der Waals surface area contributed by atoms with Crippen LogP contribution in [0.3, 0.4) is 0 Å². The normalized spacial score (nSPS) is 21.5. The van der Waals surface area contributed by atoms with Crippen LogP contribution in [0.4, 0.5) is 16.3 Å². The number of carbonyl (C=O) groups is 1. The summed E-state index contributed by atoms with van der Waals surface area (Å²) >= 11 is 0.